The van der Waals surface area contributed by atoms with Crippen LogP contribution in [0.2, 0.25) is 0 Å². The van der Waals surface area contributed by atoms with Crippen molar-refractivity contribution in [3.05, 3.63) is 24.3 Å². The number of nitrogens with two attached hydrogens (primary N) is 1. The van der Waals surface area contributed by atoms with E-state index in [4.69, 9.17) is 5.73 Å². The molecule has 1 aromatic carbocycles. The Kier molecular flexibility index (Phi) is 4.81. The van der Waals surface area contributed by atoms with Gasteiger partial charge in [0.05, 0.1) is 0 Å². The van der Waals surface area contributed by atoms with Crippen LogP contribution in [0, 0.1) is 0 Å². The van der Waals surface area contributed by atoms with Crippen molar-refractivity contribution in [2.75, 3.05) is 30.7 Å². The zero-order valence-electron chi connectivity index (χ0n) is 11.4. The minimum Gasteiger partial charge on any atom is -0.399 e. The second kappa shape index (κ2) is 6.79. The molecule has 20 heavy (non-hydrogen) atoms. The lowest BCUT2D eigenvalue weighted by molar-refractivity contribution is -0.129. The predicted octanol–water partition coefficient (Wildman–Crippen LogP) is 1.40. The van der Waals surface area contributed by atoms with Gasteiger partial charge in [-0.1, -0.05) is 6.07 Å². The Morgan fingerprint density at radius 2 is 2.00 bits per heavy atom. The van der Waals surface area contributed by atoms with E-state index in [1.165, 1.54) is 0 Å². The van der Waals surface area contributed by atoms with E-state index in [2.05, 4.69) is 10.6 Å². The van der Waals surface area contributed by atoms with Gasteiger partial charge < -0.3 is 21.3 Å². The van der Waals surface area contributed by atoms with Crippen LogP contribution in [0.5, 0.6) is 0 Å². The molecule has 0 bridgehead atoms. The lowest BCUT2D eigenvalue weighted by Gasteiger charge is -2.15. The number of carbonyl (C=O) groups excluding carboxylic acids is 2. The summed E-state index contributed by atoms with van der Waals surface area (Å²) in [4.78, 5) is 25.3. The number of amides is 3. The van der Waals surface area contributed by atoms with Gasteiger partial charge >= 0.3 is 6.03 Å². The highest BCUT2D eigenvalue weighted by Gasteiger charge is 2.17. The summed E-state index contributed by atoms with van der Waals surface area (Å²) in [7, 11) is 0. The molecule has 1 saturated heterocycles. The second-order valence-corrected chi connectivity index (χ2v) is 4.84. The Bertz CT molecular complexity index is 484. The summed E-state index contributed by atoms with van der Waals surface area (Å²) in [6, 6.07) is 6.62. The Morgan fingerprint density at radius 3 is 2.70 bits per heavy atom. The summed E-state index contributed by atoms with van der Waals surface area (Å²) in [5, 5.41) is 5.34. The van der Waals surface area contributed by atoms with Crippen molar-refractivity contribution in [3.63, 3.8) is 0 Å². The first-order valence-corrected chi connectivity index (χ1v) is 6.83. The van der Waals surface area contributed by atoms with Crippen molar-refractivity contribution < 1.29 is 9.59 Å². The summed E-state index contributed by atoms with van der Waals surface area (Å²) in [5.41, 5.74) is 6.84. The van der Waals surface area contributed by atoms with E-state index in [-0.39, 0.29) is 11.9 Å². The Labute approximate surface area is 118 Å². The highest BCUT2D eigenvalue weighted by atomic mass is 16.2. The van der Waals surface area contributed by atoms with Crippen LogP contribution in [-0.2, 0) is 4.79 Å². The number of benzene rings is 1. The summed E-state index contributed by atoms with van der Waals surface area (Å²) >= 11 is 0. The molecule has 0 spiro atoms. The summed E-state index contributed by atoms with van der Waals surface area (Å²) in [5.74, 6) is 0.103. The average Bonchev–Trinajstić information content (AvgIpc) is 2.92. The second-order valence-electron chi connectivity index (χ2n) is 4.84. The van der Waals surface area contributed by atoms with Gasteiger partial charge in [-0.05, 0) is 31.0 Å². The van der Waals surface area contributed by atoms with Crippen LogP contribution in [-0.4, -0.2) is 36.5 Å². The van der Waals surface area contributed by atoms with Crippen LogP contribution in [0.3, 0.4) is 0 Å². The maximum Gasteiger partial charge on any atom is 0.319 e. The highest BCUT2D eigenvalue weighted by Crippen LogP contribution is 2.11. The number of carbonyl (C=O) groups is 2. The summed E-state index contributed by atoms with van der Waals surface area (Å²) in [6.45, 7) is 2.02. The van der Waals surface area contributed by atoms with Crippen LogP contribution in [0.1, 0.15) is 19.3 Å². The Morgan fingerprint density at radius 1 is 1.25 bits per heavy atom. The molecule has 108 valence electrons. The smallest absolute Gasteiger partial charge is 0.319 e. The predicted molar refractivity (Wildman–Crippen MR) is 78.3 cm³/mol. The molecule has 6 heteroatoms. The standard InChI is InChI=1S/C14H20N4O2/c15-11-4-3-5-12(10-11)17-14(20)16-7-6-13(19)18-8-1-2-9-18/h3-5,10H,1-2,6-9,15H2,(H2,16,17,20). The third-order valence-corrected chi connectivity index (χ3v) is 3.23. The van der Waals surface area contributed by atoms with E-state index in [0.717, 1.165) is 25.9 Å². The van der Waals surface area contributed by atoms with Gasteiger partial charge in [-0.2, -0.15) is 0 Å². The zero-order chi connectivity index (χ0) is 14.4. The maximum absolute atomic E-state index is 11.8. The van der Waals surface area contributed by atoms with Crippen molar-refractivity contribution >= 4 is 23.3 Å². The van der Waals surface area contributed by atoms with Crippen molar-refractivity contribution in [2.45, 2.75) is 19.3 Å². The quantitative estimate of drug-likeness (QED) is 0.726. The van der Waals surface area contributed by atoms with Gasteiger partial charge in [-0.25, -0.2) is 4.79 Å². The van der Waals surface area contributed by atoms with Gasteiger partial charge in [0.2, 0.25) is 5.91 Å². The molecule has 0 aromatic heterocycles. The molecule has 1 aromatic rings. The monoisotopic (exact) mass is 276 g/mol. The molecule has 6 nitrogen and oxygen atoms in total. The maximum atomic E-state index is 11.8. The number of nitrogens with one attached hydrogen (secondary N) is 2. The van der Waals surface area contributed by atoms with Gasteiger partial charge in [-0.15, -0.1) is 0 Å². The first kappa shape index (κ1) is 14.2. The van der Waals surface area contributed by atoms with Crippen molar-refractivity contribution in [2.24, 2.45) is 0 Å². The largest absolute Gasteiger partial charge is 0.399 e. The number of nitrogens with zero attached hydrogens (tertiary/aromatic N) is 1. The van der Waals surface area contributed by atoms with Crippen LogP contribution in [0.25, 0.3) is 0 Å². The molecule has 1 heterocycles. The van der Waals surface area contributed by atoms with Crippen molar-refractivity contribution in [3.8, 4) is 0 Å². The lowest BCUT2D eigenvalue weighted by Crippen LogP contribution is -2.34. The molecule has 0 atom stereocenters. The molecule has 0 radical (unpaired) electrons. The lowest BCUT2D eigenvalue weighted by atomic mass is 10.3. The van der Waals surface area contributed by atoms with E-state index in [9.17, 15) is 9.59 Å². The molecule has 0 saturated carbocycles. The third kappa shape index (κ3) is 4.15. The van der Waals surface area contributed by atoms with E-state index < -0.39 is 0 Å². The normalized spacial score (nSPS) is 14.1. The van der Waals surface area contributed by atoms with E-state index >= 15 is 0 Å². The van der Waals surface area contributed by atoms with Gasteiger partial charge in [0.25, 0.3) is 0 Å². The molecule has 3 amide bonds. The number of rotatable bonds is 4. The fraction of sp³-hybridized carbons (Fsp3) is 0.429. The van der Waals surface area contributed by atoms with E-state index in [1.807, 2.05) is 4.90 Å². The van der Waals surface area contributed by atoms with Crippen molar-refractivity contribution in [1.29, 1.82) is 0 Å². The highest BCUT2D eigenvalue weighted by molar-refractivity contribution is 5.90. The number of anilines is 2. The SMILES string of the molecule is Nc1cccc(NC(=O)NCCC(=O)N2CCCC2)c1. The van der Waals surface area contributed by atoms with Crippen LogP contribution >= 0.6 is 0 Å². The topological polar surface area (TPSA) is 87.5 Å². The minimum atomic E-state index is -0.329. The van der Waals surface area contributed by atoms with E-state index in [0.29, 0.717) is 24.3 Å². The Hall–Kier alpha value is -2.24. The number of urea groups is 1. The molecular formula is C14H20N4O2. The number of hydrogen-bond donors (Lipinski definition) is 3. The average molecular weight is 276 g/mol. The van der Waals surface area contributed by atoms with E-state index in [1.54, 1.807) is 24.3 Å². The van der Waals surface area contributed by atoms with Gasteiger partial charge in [0.15, 0.2) is 0 Å². The molecule has 1 aliphatic heterocycles. The van der Waals surface area contributed by atoms with Gasteiger partial charge in [-0.3, -0.25) is 4.79 Å². The number of likely N-dealkylation sites (tertiary alicyclic amines) is 1. The molecule has 4 N–H and O–H groups in total. The zero-order valence-corrected chi connectivity index (χ0v) is 11.4. The molecule has 1 aliphatic rings. The number of nitrogen functional groups attached to an aromatic ring is 1. The van der Waals surface area contributed by atoms with Gasteiger partial charge in [0, 0.05) is 37.4 Å². The molecule has 0 unspecified atom stereocenters. The van der Waals surface area contributed by atoms with Crippen LogP contribution in [0.15, 0.2) is 24.3 Å². The third-order valence-electron chi connectivity index (χ3n) is 3.23. The van der Waals surface area contributed by atoms with Crippen LogP contribution in [0.4, 0.5) is 16.2 Å². The fourth-order valence-electron chi connectivity index (χ4n) is 2.20. The van der Waals surface area contributed by atoms with Crippen LogP contribution < -0.4 is 16.4 Å². The fourth-order valence-corrected chi connectivity index (χ4v) is 2.20. The molecule has 0 aliphatic carbocycles. The van der Waals surface area contributed by atoms with Crippen molar-refractivity contribution in [1.82, 2.24) is 10.2 Å². The summed E-state index contributed by atoms with van der Waals surface area (Å²) < 4.78 is 0. The molecule has 1 fully saturated rings. The first-order chi connectivity index (χ1) is 9.65. The Balaban J connectivity index is 1.68. The molecule has 2 rings (SSSR count). The minimum absolute atomic E-state index is 0.103. The molecular weight excluding hydrogens is 256 g/mol. The summed E-state index contributed by atoms with van der Waals surface area (Å²) in [6.07, 6.45) is 2.49. The first-order valence-electron chi connectivity index (χ1n) is 6.83. The number of hydrogen-bond acceptors (Lipinski definition) is 3. The van der Waals surface area contributed by atoms with Gasteiger partial charge in [0.1, 0.15) is 0 Å².